The molecule has 0 spiro atoms. The molecule has 3 aromatic rings. The number of aliphatic hydroxyl groups is 1. The number of hydrogen-bond donors (Lipinski definition) is 1. The highest BCUT2D eigenvalue weighted by Gasteiger charge is 2.33. The predicted octanol–water partition coefficient (Wildman–Crippen LogP) is 6.09. The van der Waals surface area contributed by atoms with Crippen molar-refractivity contribution in [2.24, 2.45) is 0 Å². The summed E-state index contributed by atoms with van der Waals surface area (Å²) in [6.07, 6.45) is -3.36. The van der Waals surface area contributed by atoms with Crippen LogP contribution in [-0.2, 0) is 0 Å². The fraction of sp³-hybridized carbons (Fsp3) is 0.269. The Morgan fingerprint density at radius 2 is 1.47 bits per heavy atom. The molecule has 0 aromatic heterocycles. The van der Waals surface area contributed by atoms with Crippen molar-refractivity contribution < 1.29 is 37.3 Å². The summed E-state index contributed by atoms with van der Waals surface area (Å²) in [6.45, 7) is 2.48. The highest BCUT2D eigenvalue weighted by atomic mass is 19.4. The van der Waals surface area contributed by atoms with E-state index in [1.54, 1.807) is 48.5 Å². The van der Waals surface area contributed by atoms with Crippen molar-refractivity contribution in [3.8, 4) is 28.4 Å². The molecule has 3 aromatic carbocycles. The van der Waals surface area contributed by atoms with Crippen LogP contribution in [0.25, 0.3) is 11.1 Å². The lowest BCUT2D eigenvalue weighted by Gasteiger charge is -2.12. The number of rotatable bonds is 8. The lowest BCUT2D eigenvalue weighted by atomic mass is 9.99. The second kappa shape index (κ2) is 9.77. The van der Waals surface area contributed by atoms with Crippen molar-refractivity contribution >= 4 is 5.97 Å². The van der Waals surface area contributed by atoms with E-state index in [1.165, 1.54) is 12.1 Å². The zero-order chi connectivity index (χ0) is 24.3. The van der Waals surface area contributed by atoms with E-state index in [0.717, 1.165) is 28.7 Å². The number of carbonyl (C=O) groups excluding carboxylic acids is 1. The quantitative estimate of drug-likeness (QED) is 0.244. The molecule has 1 aliphatic carbocycles. The number of aliphatic hydroxyl groups excluding tert-OH is 1. The maximum Gasteiger partial charge on any atom is 0.573 e. The summed E-state index contributed by atoms with van der Waals surface area (Å²) >= 11 is 0. The van der Waals surface area contributed by atoms with Gasteiger partial charge in [0.1, 0.15) is 17.2 Å². The largest absolute Gasteiger partial charge is 0.573 e. The van der Waals surface area contributed by atoms with Crippen LogP contribution in [-0.4, -0.2) is 30.7 Å². The molecule has 5 nitrogen and oxygen atoms in total. The zero-order valence-corrected chi connectivity index (χ0v) is 18.4. The third-order valence-corrected chi connectivity index (χ3v) is 5.62. The molecule has 1 unspecified atom stereocenters. The van der Waals surface area contributed by atoms with E-state index >= 15 is 0 Å². The van der Waals surface area contributed by atoms with Gasteiger partial charge in [0, 0.05) is 12.5 Å². The third-order valence-electron chi connectivity index (χ3n) is 5.62. The second-order valence-electron chi connectivity index (χ2n) is 7.96. The molecule has 178 valence electrons. The Bertz CT molecular complexity index is 1170. The Kier molecular flexibility index (Phi) is 6.79. The van der Waals surface area contributed by atoms with Crippen LogP contribution >= 0.6 is 0 Å². The minimum absolute atomic E-state index is 0.120. The predicted molar refractivity (Wildman–Crippen MR) is 119 cm³/mol. The molecular weight excluding hydrogens is 449 g/mol. The van der Waals surface area contributed by atoms with E-state index in [1.807, 2.05) is 6.92 Å². The summed E-state index contributed by atoms with van der Waals surface area (Å²) < 4.78 is 52.9. The van der Waals surface area contributed by atoms with Gasteiger partial charge in [-0.2, -0.15) is 0 Å². The second-order valence-corrected chi connectivity index (χ2v) is 7.96. The van der Waals surface area contributed by atoms with E-state index in [9.17, 15) is 18.0 Å². The number of esters is 1. The summed E-state index contributed by atoms with van der Waals surface area (Å²) in [4.78, 5) is 12.6. The number of hydrogen-bond acceptors (Lipinski definition) is 5. The van der Waals surface area contributed by atoms with Crippen molar-refractivity contribution in [3.05, 3.63) is 77.4 Å². The van der Waals surface area contributed by atoms with Gasteiger partial charge in [-0.25, -0.2) is 4.79 Å². The van der Waals surface area contributed by atoms with E-state index in [0.29, 0.717) is 30.1 Å². The molecule has 1 aliphatic rings. The normalized spacial score (nSPS) is 14.3. The first-order chi connectivity index (χ1) is 16.2. The molecular formula is C26H23F3O5. The van der Waals surface area contributed by atoms with Gasteiger partial charge in [-0.1, -0.05) is 19.1 Å². The van der Waals surface area contributed by atoms with Gasteiger partial charge in [-0.15, -0.1) is 13.2 Å². The molecule has 0 heterocycles. The van der Waals surface area contributed by atoms with Gasteiger partial charge in [0.15, 0.2) is 0 Å². The van der Waals surface area contributed by atoms with Crippen molar-refractivity contribution in [1.82, 2.24) is 0 Å². The maximum atomic E-state index is 12.6. The molecule has 34 heavy (non-hydrogen) atoms. The van der Waals surface area contributed by atoms with E-state index in [-0.39, 0.29) is 18.3 Å². The van der Waals surface area contributed by atoms with Gasteiger partial charge < -0.3 is 19.3 Å². The summed E-state index contributed by atoms with van der Waals surface area (Å²) in [5, 5.41) is 8.79. The smallest absolute Gasteiger partial charge is 0.494 e. The SMILES string of the molecule is CC1c2cc(OC(=O)c3ccc(OCCCCO)cc3)ccc2-c2ccc(OC(F)(F)F)cc21. The molecule has 0 saturated carbocycles. The van der Waals surface area contributed by atoms with Gasteiger partial charge in [0.25, 0.3) is 0 Å². The summed E-state index contributed by atoms with van der Waals surface area (Å²) in [5.41, 5.74) is 3.63. The zero-order valence-electron chi connectivity index (χ0n) is 18.4. The Balaban J connectivity index is 1.44. The Morgan fingerprint density at radius 3 is 2.09 bits per heavy atom. The number of ether oxygens (including phenoxy) is 3. The fourth-order valence-corrected chi connectivity index (χ4v) is 3.97. The highest BCUT2D eigenvalue weighted by Crippen LogP contribution is 2.47. The number of halogens is 3. The Morgan fingerprint density at radius 1 is 0.882 bits per heavy atom. The lowest BCUT2D eigenvalue weighted by molar-refractivity contribution is -0.274. The number of alkyl halides is 3. The number of fused-ring (bicyclic) bond motifs is 3. The van der Waals surface area contributed by atoms with Gasteiger partial charge in [-0.3, -0.25) is 0 Å². The van der Waals surface area contributed by atoms with Crippen LogP contribution in [0.5, 0.6) is 17.2 Å². The van der Waals surface area contributed by atoms with Crippen LogP contribution in [0.1, 0.15) is 47.2 Å². The molecule has 0 radical (unpaired) electrons. The average Bonchev–Trinajstić information content (AvgIpc) is 3.07. The van der Waals surface area contributed by atoms with Gasteiger partial charge in [-0.05, 0) is 83.6 Å². The maximum absolute atomic E-state index is 12.6. The van der Waals surface area contributed by atoms with Gasteiger partial charge in [0.2, 0.25) is 0 Å². The van der Waals surface area contributed by atoms with E-state index in [2.05, 4.69) is 4.74 Å². The molecule has 0 amide bonds. The van der Waals surface area contributed by atoms with E-state index < -0.39 is 12.3 Å². The van der Waals surface area contributed by atoms with E-state index in [4.69, 9.17) is 14.6 Å². The minimum Gasteiger partial charge on any atom is -0.494 e. The van der Waals surface area contributed by atoms with Crippen molar-refractivity contribution in [2.75, 3.05) is 13.2 Å². The van der Waals surface area contributed by atoms with Gasteiger partial charge >= 0.3 is 12.3 Å². The lowest BCUT2D eigenvalue weighted by Crippen LogP contribution is -2.17. The summed E-state index contributed by atoms with van der Waals surface area (Å²) in [7, 11) is 0. The third kappa shape index (κ3) is 5.34. The van der Waals surface area contributed by atoms with Crippen molar-refractivity contribution in [2.45, 2.75) is 32.0 Å². The number of carbonyl (C=O) groups is 1. The van der Waals surface area contributed by atoms with Gasteiger partial charge in [0.05, 0.1) is 12.2 Å². The summed E-state index contributed by atoms with van der Waals surface area (Å²) in [6, 6.07) is 16.1. The number of unbranched alkanes of at least 4 members (excludes halogenated alkanes) is 1. The van der Waals surface area contributed by atoms with Crippen LogP contribution in [0, 0.1) is 0 Å². The first-order valence-corrected chi connectivity index (χ1v) is 10.8. The minimum atomic E-state index is -4.76. The standard InChI is InChI=1S/C26H23F3O5/c1-16-23-14-19(33-25(31)17-4-6-18(7-5-17)32-13-3-2-12-30)8-10-21(23)22-11-9-20(15-24(16)22)34-26(27,28)29/h4-11,14-16,30H,2-3,12-13H2,1H3. The molecule has 4 rings (SSSR count). The molecule has 0 aliphatic heterocycles. The molecule has 1 N–H and O–H groups in total. The van der Waals surface area contributed by atoms with Crippen LogP contribution in [0.3, 0.4) is 0 Å². The summed E-state index contributed by atoms with van der Waals surface area (Å²) in [5.74, 6) is -0.0242. The van der Waals surface area contributed by atoms with Crippen molar-refractivity contribution in [3.63, 3.8) is 0 Å². The monoisotopic (exact) mass is 472 g/mol. The molecule has 1 atom stereocenters. The topological polar surface area (TPSA) is 65.0 Å². The van der Waals surface area contributed by atoms with Crippen LogP contribution in [0.15, 0.2) is 60.7 Å². The Hall–Kier alpha value is -3.52. The molecule has 0 bridgehead atoms. The first kappa shape index (κ1) is 23.6. The molecule has 0 fully saturated rings. The first-order valence-electron chi connectivity index (χ1n) is 10.8. The number of benzene rings is 3. The molecule has 8 heteroatoms. The van der Waals surface area contributed by atoms with Crippen molar-refractivity contribution in [1.29, 1.82) is 0 Å². The van der Waals surface area contributed by atoms with Crippen LogP contribution in [0.4, 0.5) is 13.2 Å². The highest BCUT2D eigenvalue weighted by molar-refractivity contribution is 5.91. The van der Waals surface area contributed by atoms with Crippen LogP contribution < -0.4 is 14.2 Å². The Labute approximate surface area is 194 Å². The molecule has 0 saturated heterocycles. The average molecular weight is 472 g/mol. The van der Waals surface area contributed by atoms with Crippen LogP contribution in [0.2, 0.25) is 0 Å². The fourth-order valence-electron chi connectivity index (χ4n) is 3.97.